The molecule has 172 valence electrons. The van der Waals surface area contributed by atoms with Gasteiger partial charge in [0.2, 0.25) is 0 Å². The Morgan fingerprint density at radius 2 is 1.42 bits per heavy atom. The molecule has 9 heteroatoms. The summed E-state index contributed by atoms with van der Waals surface area (Å²) in [4.78, 5) is 27.8. The molecule has 0 fully saturated rings. The number of halogens is 2. The molecule has 0 atom stereocenters. The molecule has 4 aromatic rings. The van der Waals surface area contributed by atoms with E-state index in [4.69, 9.17) is 9.97 Å². The van der Waals surface area contributed by atoms with Gasteiger partial charge in [0.1, 0.15) is 0 Å². The molecule has 0 amide bonds. The Kier molecular flexibility index (Phi) is 6.64. The van der Waals surface area contributed by atoms with Gasteiger partial charge in [0.25, 0.3) is 0 Å². The molecular formula is C27H16Br2N4O2Zn. The number of hydrogen-bond acceptors (Lipinski definition) is 3. The second-order valence-corrected chi connectivity index (χ2v) is 9.74. The van der Waals surface area contributed by atoms with Gasteiger partial charge in [-0.2, -0.15) is 0 Å². The minimum absolute atomic E-state index is 0. The number of hydrogen-bond donors (Lipinski definition) is 3. The van der Waals surface area contributed by atoms with Crippen LogP contribution in [0.3, 0.4) is 0 Å². The van der Waals surface area contributed by atoms with Crippen LogP contribution in [0.1, 0.15) is 38.7 Å². The molecular weight excluding hydrogens is 638 g/mol. The van der Waals surface area contributed by atoms with Crippen molar-refractivity contribution in [1.29, 1.82) is 0 Å². The van der Waals surface area contributed by atoms with E-state index in [0.717, 1.165) is 64.9 Å². The van der Waals surface area contributed by atoms with Gasteiger partial charge in [-0.3, -0.25) is 0 Å². The number of aromatic amines is 2. The van der Waals surface area contributed by atoms with Crippen LogP contribution in [0.2, 0.25) is 0 Å². The summed E-state index contributed by atoms with van der Waals surface area (Å²) in [6, 6.07) is 18.8. The molecule has 8 bridgehead atoms. The van der Waals surface area contributed by atoms with Gasteiger partial charge in [0, 0.05) is 36.1 Å². The van der Waals surface area contributed by atoms with Gasteiger partial charge >= 0.3 is 5.97 Å². The van der Waals surface area contributed by atoms with Crippen molar-refractivity contribution < 1.29 is 29.4 Å². The number of nitrogens with zero attached hydrogens (tertiary/aromatic N) is 2. The monoisotopic (exact) mass is 650 g/mol. The predicted octanol–water partition coefficient (Wildman–Crippen LogP) is 7.29. The Labute approximate surface area is 235 Å². The van der Waals surface area contributed by atoms with Crippen LogP contribution in [-0.2, 0) is 19.5 Å². The fourth-order valence-corrected chi connectivity index (χ4v) is 5.09. The van der Waals surface area contributed by atoms with E-state index in [2.05, 4.69) is 41.8 Å². The van der Waals surface area contributed by atoms with E-state index >= 15 is 0 Å². The van der Waals surface area contributed by atoms with Crippen LogP contribution in [0.15, 0.2) is 69.6 Å². The molecule has 0 unspecified atom stereocenters. The number of rotatable bonds is 2. The van der Waals surface area contributed by atoms with E-state index in [9.17, 15) is 9.90 Å². The normalized spacial score (nSPS) is 12.2. The van der Waals surface area contributed by atoms with Gasteiger partial charge < -0.3 is 15.1 Å². The van der Waals surface area contributed by atoms with E-state index < -0.39 is 5.97 Å². The standard InChI is InChI=1S/C27H16Br2N4O2.Zn/c28-24-21-8-5-16(30-21)11-17-7-10-23(32-17)25(29)26-20(14-1-3-15(4-2-14)27(34)35)13-19(33-26)12-18-6-9-22(24)31-18;/h1-13,31-32H,(H,34,35);. The summed E-state index contributed by atoms with van der Waals surface area (Å²) < 4.78 is 1.68. The van der Waals surface area contributed by atoms with Crippen molar-refractivity contribution in [3.63, 3.8) is 0 Å². The van der Waals surface area contributed by atoms with E-state index in [1.54, 1.807) is 12.1 Å². The summed E-state index contributed by atoms with van der Waals surface area (Å²) >= 11 is 7.44. The molecule has 2 aliphatic rings. The third-order valence-corrected chi connectivity index (χ3v) is 7.46. The van der Waals surface area contributed by atoms with Crippen LogP contribution in [0.4, 0.5) is 0 Å². The molecule has 0 saturated heterocycles. The summed E-state index contributed by atoms with van der Waals surface area (Å²) in [6.45, 7) is 0. The van der Waals surface area contributed by atoms with Gasteiger partial charge in [-0.15, -0.1) is 0 Å². The minimum atomic E-state index is -0.955. The molecule has 6 rings (SSSR count). The van der Waals surface area contributed by atoms with Crippen LogP contribution in [0.5, 0.6) is 0 Å². The van der Waals surface area contributed by atoms with Crippen LogP contribution in [0.25, 0.3) is 45.9 Å². The molecule has 3 N–H and O–H groups in total. The zero-order valence-corrected chi connectivity index (χ0v) is 24.9. The van der Waals surface area contributed by atoms with Crippen molar-refractivity contribution in [1.82, 2.24) is 19.9 Å². The fraction of sp³-hybridized carbons (Fsp3) is 0. The quantitative estimate of drug-likeness (QED) is 0.171. The topological polar surface area (TPSA) is 94.7 Å². The number of benzene rings is 1. The molecule has 3 aromatic heterocycles. The third kappa shape index (κ3) is 4.54. The number of aromatic nitrogens is 4. The molecule has 36 heavy (non-hydrogen) atoms. The first-order chi connectivity index (χ1) is 16.9. The second kappa shape index (κ2) is 9.73. The Hall–Kier alpha value is -3.13. The average molecular weight is 654 g/mol. The van der Waals surface area contributed by atoms with Crippen molar-refractivity contribution in [2.24, 2.45) is 0 Å². The maximum atomic E-state index is 11.3. The maximum absolute atomic E-state index is 11.3. The van der Waals surface area contributed by atoms with Crippen molar-refractivity contribution >= 4 is 83.7 Å². The van der Waals surface area contributed by atoms with E-state index in [-0.39, 0.29) is 25.0 Å². The van der Waals surface area contributed by atoms with Gasteiger partial charge in [-0.05, 0) is 104 Å². The first-order valence-corrected chi connectivity index (χ1v) is 12.3. The van der Waals surface area contributed by atoms with Crippen LogP contribution in [0, 0.1) is 0 Å². The van der Waals surface area contributed by atoms with Crippen LogP contribution in [-0.4, -0.2) is 31.0 Å². The maximum Gasteiger partial charge on any atom is 0.335 e. The zero-order valence-electron chi connectivity index (χ0n) is 18.7. The Balaban J connectivity index is 0.00000267. The summed E-state index contributed by atoms with van der Waals surface area (Å²) in [5.74, 6) is -0.955. The van der Waals surface area contributed by atoms with Crippen molar-refractivity contribution in [3.8, 4) is 0 Å². The smallest absolute Gasteiger partial charge is 0.335 e. The molecule has 6 nitrogen and oxygen atoms in total. The molecule has 5 heterocycles. The summed E-state index contributed by atoms with van der Waals surface area (Å²) in [5, 5.41) is 9.28. The van der Waals surface area contributed by atoms with Crippen LogP contribution >= 0.6 is 31.9 Å². The average Bonchev–Trinajstić information content (AvgIpc) is 3.65. The third-order valence-electron chi connectivity index (χ3n) is 5.82. The molecule has 0 aliphatic carbocycles. The van der Waals surface area contributed by atoms with Crippen molar-refractivity contribution in [3.05, 3.63) is 104 Å². The summed E-state index contributed by atoms with van der Waals surface area (Å²) in [6.07, 6.45) is 5.97. The first-order valence-electron chi connectivity index (χ1n) is 10.7. The number of nitrogens with one attached hydrogen (secondary N) is 2. The minimum Gasteiger partial charge on any atom is -0.478 e. The SMILES string of the molecule is O=C(O)c1ccc(C2=Cc3cc4ccc([nH]4)c(Br)c4nc(cc5ccc([nH]5)c(Br)c2n3)C=C4)cc1.[Zn]. The number of fused-ring (bicyclic) bond motifs is 8. The largest absolute Gasteiger partial charge is 0.478 e. The Morgan fingerprint density at radius 1 is 0.778 bits per heavy atom. The van der Waals surface area contributed by atoms with Gasteiger partial charge in [-0.1, -0.05) is 12.1 Å². The molecule has 0 radical (unpaired) electrons. The van der Waals surface area contributed by atoms with Crippen LogP contribution < -0.4 is 0 Å². The molecule has 1 aromatic carbocycles. The number of aromatic carboxylic acids is 1. The molecule has 0 spiro atoms. The predicted molar refractivity (Wildman–Crippen MR) is 146 cm³/mol. The van der Waals surface area contributed by atoms with Gasteiger partial charge in [0.15, 0.2) is 0 Å². The number of carbonyl (C=O) groups is 1. The van der Waals surface area contributed by atoms with Gasteiger partial charge in [0.05, 0.1) is 48.3 Å². The number of carboxylic acid groups (broad SMARTS) is 1. The molecule has 0 saturated carbocycles. The van der Waals surface area contributed by atoms with E-state index in [1.165, 1.54) is 0 Å². The fourth-order valence-electron chi connectivity index (χ4n) is 4.10. The number of carboxylic acids is 1. The summed E-state index contributed by atoms with van der Waals surface area (Å²) in [5.41, 5.74) is 8.84. The van der Waals surface area contributed by atoms with E-state index in [1.807, 2.05) is 66.8 Å². The Bertz CT molecular complexity index is 1750. The second-order valence-electron chi connectivity index (χ2n) is 8.15. The first kappa shape index (κ1) is 24.6. The van der Waals surface area contributed by atoms with Gasteiger partial charge in [-0.25, -0.2) is 14.8 Å². The van der Waals surface area contributed by atoms with E-state index in [0.29, 0.717) is 0 Å². The zero-order chi connectivity index (χ0) is 24.1. The summed E-state index contributed by atoms with van der Waals surface area (Å²) in [7, 11) is 0. The molecule has 2 aliphatic heterocycles. The number of H-pyrrole nitrogens is 2. The Morgan fingerprint density at radius 3 is 2.08 bits per heavy atom. The van der Waals surface area contributed by atoms with Crippen molar-refractivity contribution in [2.75, 3.05) is 0 Å². The van der Waals surface area contributed by atoms with Crippen molar-refractivity contribution in [2.45, 2.75) is 0 Å².